The highest BCUT2D eigenvalue weighted by atomic mass is 32.2. The van der Waals surface area contributed by atoms with Crippen LogP contribution in [0.1, 0.15) is 56.0 Å². The van der Waals surface area contributed by atoms with E-state index in [0.29, 0.717) is 36.1 Å². The van der Waals surface area contributed by atoms with Crippen molar-refractivity contribution in [3.8, 4) is 11.1 Å². The number of rotatable bonds is 7. The Labute approximate surface area is 204 Å². The quantitative estimate of drug-likeness (QED) is 0.522. The Bertz CT molecular complexity index is 1400. The van der Waals surface area contributed by atoms with E-state index >= 15 is 0 Å². The molecule has 4 rings (SSSR count). The molecule has 0 fully saturated rings. The molecule has 0 radical (unpaired) electrons. The lowest BCUT2D eigenvalue weighted by Gasteiger charge is -2.33. The summed E-state index contributed by atoms with van der Waals surface area (Å²) in [6, 6.07) is 10.5. The van der Waals surface area contributed by atoms with Gasteiger partial charge in [0.15, 0.2) is 11.6 Å². The van der Waals surface area contributed by atoms with Crippen LogP contribution in [0.15, 0.2) is 53.6 Å². The van der Waals surface area contributed by atoms with Gasteiger partial charge >= 0.3 is 0 Å². The molecular weight excluding hydrogens is 472 g/mol. The lowest BCUT2D eigenvalue weighted by molar-refractivity contribution is 0.412. The number of hydrogen-bond donors (Lipinski definition) is 1. The second-order valence-electron chi connectivity index (χ2n) is 9.19. The SMILES string of the molecule is CCS(=O)(=O)N[C@H]1CCc2ncn(C(C)C)c(=O)c2[C@H]1Cc1cccc(-c2cccc(F)c2F)c1. The molecule has 3 aromatic rings. The van der Waals surface area contributed by atoms with Gasteiger partial charge in [-0.2, -0.15) is 0 Å². The van der Waals surface area contributed by atoms with Crippen LogP contribution in [0.3, 0.4) is 0 Å². The maximum absolute atomic E-state index is 14.4. The molecular formula is C26H29F2N3O3S. The maximum Gasteiger partial charge on any atom is 0.257 e. The standard InChI is InChI=1S/C26H29F2N3O3S/c1-4-35(33,34)30-22-11-12-23-24(26(32)31(15-29-23)16(2)3)20(22)14-17-7-5-8-18(13-17)19-9-6-10-21(27)25(19)28/h5-10,13,15-16,20,22,30H,4,11-12,14H2,1-3H3/t20-,22-/m0/s1. The van der Waals surface area contributed by atoms with Crippen LogP contribution in [-0.4, -0.2) is 29.8 Å². The van der Waals surface area contributed by atoms with Crippen molar-refractivity contribution >= 4 is 10.0 Å². The van der Waals surface area contributed by atoms with Gasteiger partial charge in [0.1, 0.15) is 0 Å². The predicted octanol–water partition coefficient (Wildman–Crippen LogP) is 4.35. The average molecular weight is 502 g/mol. The van der Waals surface area contributed by atoms with Gasteiger partial charge in [-0.3, -0.25) is 9.36 Å². The summed E-state index contributed by atoms with van der Waals surface area (Å²) in [6.45, 7) is 5.35. The number of nitrogens with zero attached hydrogens (tertiary/aromatic N) is 2. The van der Waals surface area contributed by atoms with E-state index < -0.39 is 33.6 Å². The molecule has 0 aliphatic heterocycles. The molecule has 1 aromatic heterocycles. The molecule has 0 spiro atoms. The van der Waals surface area contributed by atoms with Crippen LogP contribution in [-0.2, 0) is 22.9 Å². The monoisotopic (exact) mass is 501 g/mol. The summed E-state index contributed by atoms with van der Waals surface area (Å²) in [6.07, 6.45) is 2.89. The van der Waals surface area contributed by atoms with Crippen LogP contribution < -0.4 is 10.3 Å². The van der Waals surface area contributed by atoms with Gasteiger partial charge in [0.2, 0.25) is 10.0 Å². The van der Waals surface area contributed by atoms with Crippen LogP contribution in [0, 0.1) is 11.6 Å². The number of aryl methyl sites for hydroxylation is 1. The van der Waals surface area contributed by atoms with Crippen molar-refractivity contribution in [2.75, 3.05) is 5.75 Å². The fraction of sp³-hybridized carbons (Fsp3) is 0.385. The van der Waals surface area contributed by atoms with Crippen LogP contribution in [0.4, 0.5) is 8.78 Å². The molecule has 6 nitrogen and oxygen atoms in total. The highest BCUT2D eigenvalue weighted by molar-refractivity contribution is 7.89. The lowest BCUT2D eigenvalue weighted by atomic mass is 9.78. The van der Waals surface area contributed by atoms with Gasteiger partial charge in [0.25, 0.3) is 5.56 Å². The molecule has 1 aliphatic carbocycles. The molecule has 1 N–H and O–H groups in total. The van der Waals surface area contributed by atoms with E-state index in [1.165, 1.54) is 12.1 Å². The van der Waals surface area contributed by atoms with Crippen molar-refractivity contribution in [1.29, 1.82) is 0 Å². The number of nitrogens with one attached hydrogen (secondary N) is 1. The van der Waals surface area contributed by atoms with Gasteiger partial charge in [-0.1, -0.05) is 36.4 Å². The van der Waals surface area contributed by atoms with Gasteiger partial charge in [-0.25, -0.2) is 26.9 Å². The summed E-state index contributed by atoms with van der Waals surface area (Å²) >= 11 is 0. The van der Waals surface area contributed by atoms with Crippen LogP contribution in [0.5, 0.6) is 0 Å². The number of aromatic nitrogens is 2. The highest BCUT2D eigenvalue weighted by Gasteiger charge is 2.35. The third-order valence-corrected chi connectivity index (χ3v) is 8.00. The van der Waals surface area contributed by atoms with Crippen molar-refractivity contribution < 1.29 is 17.2 Å². The normalized spacial score (nSPS) is 18.0. The van der Waals surface area contributed by atoms with E-state index in [4.69, 9.17) is 0 Å². The van der Waals surface area contributed by atoms with Crippen LogP contribution in [0.2, 0.25) is 0 Å². The number of halogens is 2. The Kier molecular flexibility index (Phi) is 7.19. The zero-order chi connectivity index (χ0) is 25.3. The van der Waals surface area contributed by atoms with Crippen molar-refractivity contribution in [3.05, 3.63) is 87.6 Å². The van der Waals surface area contributed by atoms with E-state index in [-0.39, 0.29) is 22.9 Å². The maximum atomic E-state index is 14.4. The summed E-state index contributed by atoms with van der Waals surface area (Å²) in [5.74, 6) is -2.38. The fourth-order valence-electron chi connectivity index (χ4n) is 4.70. The van der Waals surface area contributed by atoms with Crippen molar-refractivity contribution in [2.45, 2.75) is 58.0 Å². The Balaban J connectivity index is 1.79. The predicted molar refractivity (Wildman–Crippen MR) is 132 cm³/mol. The second kappa shape index (κ2) is 9.99. The van der Waals surface area contributed by atoms with Crippen LogP contribution >= 0.6 is 0 Å². The van der Waals surface area contributed by atoms with Crippen molar-refractivity contribution in [2.24, 2.45) is 0 Å². The third kappa shape index (κ3) is 5.21. The highest BCUT2D eigenvalue weighted by Crippen LogP contribution is 2.34. The van der Waals surface area contributed by atoms with E-state index in [2.05, 4.69) is 9.71 Å². The summed E-state index contributed by atoms with van der Waals surface area (Å²) in [5.41, 5.74) is 2.44. The zero-order valence-electron chi connectivity index (χ0n) is 20.0. The summed E-state index contributed by atoms with van der Waals surface area (Å²) in [4.78, 5) is 18.0. The molecule has 35 heavy (non-hydrogen) atoms. The molecule has 0 unspecified atom stereocenters. The largest absolute Gasteiger partial charge is 0.296 e. The van der Waals surface area contributed by atoms with Crippen molar-refractivity contribution in [3.63, 3.8) is 0 Å². The number of benzene rings is 2. The topological polar surface area (TPSA) is 81.1 Å². The first-order valence-corrected chi connectivity index (χ1v) is 13.4. The average Bonchev–Trinajstić information content (AvgIpc) is 2.82. The van der Waals surface area contributed by atoms with Crippen molar-refractivity contribution in [1.82, 2.24) is 14.3 Å². The second-order valence-corrected chi connectivity index (χ2v) is 11.2. The minimum atomic E-state index is -3.52. The molecule has 2 aromatic carbocycles. The summed E-state index contributed by atoms with van der Waals surface area (Å²) < 4.78 is 57.5. The Hall–Kier alpha value is -2.91. The van der Waals surface area contributed by atoms with Crippen LogP contribution in [0.25, 0.3) is 11.1 Å². The smallest absolute Gasteiger partial charge is 0.257 e. The molecule has 0 saturated heterocycles. The molecule has 0 bridgehead atoms. The van der Waals surface area contributed by atoms with E-state index in [1.807, 2.05) is 19.9 Å². The van der Waals surface area contributed by atoms with Gasteiger partial charge in [-0.15, -0.1) is 0 Å². The molecule has 1 aliphatic rings. The van der Waals surface area contributed by atoms with Gasteiger partial charge < -0.3 is 0 Å². The Morgan fingerprint density at radius 3 is 2.63 bits per heavy atom. The first-order valence-electron chi connectivity index (χ1n) is 11.7. The number of fused-ring (bicyclic) bond motifs is 1. The minimum Gasteiger partial charge on any atom is -0.296 e. The van der Waals surface area contributed by atoms with E-state index in [0.717, 1.165) is 11.6 Å². The van der Waals surface area contributed by atoms with Gasteiger partial charge in [-0.05, 0) is 57.2 Å². The van der Waals surface area contributed by atoms with Gasteiger partial charge in [0, 0.05) is 29.1 Å². The summed E-state index contributed by atoms with van der Waals surface area (Å²) in [7, 11) is -3.52. The lowest BCUT2D eigenvalue weighted by Crippen LogP contribution is -2.46. The third-order valence-electron chi connectivity index (χ3n) is 6.57. The number of sulfonamides is 1. The Morgan fingerprint density at radius 2 is 1.91 bits per heavy atom. The summed E-state index contributed by atoms with van der Waals surface area (Å²) in [5, 5.41) is 0. The molecule has 0 saturated carbocycles. The van der Waals surface area contributed by atoms with E-state index in [9.17, 15) is 22.0 Å². The number of hydrogen-bond acceptors (Lipinski definition) is 4. The first kappa shape index (κ1) is 25.2. The fourth-order valence-corrected chi connectivity index (χ4v) is 5.61. The molecule has 9 heteroatoms. The zero-order valence-corrected chi connectivity index (χ0v) is 20.8. The molecule has 2 atom stereocenters. The molecule has 0 amide bonds. The Morgan fingerprint density at radius 1 is 1.17 bits per heavy atom. The minimum absolute atomic E-state index is 0.0688. The molecule has 186 valence electrons. The van der Waals surface area contributed by atoms with E-state index in [1.54, 1.807) is 36.0 Å². The van der Waals surface area contributed by atoms with Gasteiger partial charge in [0.05, 0.1) is 17.8 Å². The molecule has 1 heterocycles. The first-order chi connectivity index (χ1) is 16.6.